The first-order valence-corrected chi connectivity index (χ1v) is 6.78. The predicted octanol–water partition coefficient (Wildman–Crippen LogP) is 1.67. The molecule has 0 amide bonds. The van der Waals surface area contributed by atoms with Crippen molar-refractivity contribution in [2.75, 3.05) is 25.6 Å². The summed E-state index contributed by atoms with van der Waals surface area (Å²) in [5.41, 5.74) is 2.35. The van der Waals surface area contributed by atoms with Crippen LogP contribution in [0.3, 0.4) is 0 Å². The lowest BCUT2D eigenvalue weighted by molar-refractivity contribution is -0.121. The highest BCUT2D eigenvalue weighted by Crippen LogP contribution is 2.35. The number of thioether (sulfide) groups is 1. The topological polar surface area (TPSA) is 66.1 Å². The Morgan fingerprint density at radius 1 is 1.56 bits per heavy atom. The molecule has 0 spiro atoms. The molecule has 0 atom stereocenters. The fraction of sp³-hybridized carbons (Fsp3) is 0.538. The maximum absolute atomic E-state index is 9.37. The molecule has 2 rings (SSSR count). The summed E-state index contributed by atoms with van der Waals surface area (Å²) in [7, 11) is 0. The van der Waals surface area contributed by atoms with E-state index in [4.69, 9.17) is 4.74 Å². The quantitative estimate of drug-likeness (QED) is 0.838. The van der Waals surface area contributed by atoms with E-state index in [0.29, 0.717) is 18.8 Å². The van der Waals surface area contributed by atoms with Crippen LogP contribution < -0.4 is 0 Å². The SMILES string of the molecule is Cc1cc(C)c(C#N)c(SCC2(CO)COC2)n1. The van der Waals surface area contributed by atoms with Gasteiger partial charge in [-0.05, 0) is 25.5 Å². The Labute approximate surface area is 111 Å². The van der Waals surface area contributed by atoms with Gasteiger partial charge in [0.1, 0.15) is 11.1 Å². The number of aliphatic hydroxyl groups excluding tert-OH is 1. The van der Waals surface area contributed by atoms with Gasteiger partial charge in [-0.1, -0.05) is 0 Å². The van der Waals surface area contributed by atoms with Crippen LogP contribution in [-0.2, 0) is 4.74 Å². The third-order valence-corrected chi connectivity index (χ3v) is 4.42. The first kappa shape index (κ1) is 13.3. The highest BCUT2D eigenvalue weighted by atomic mass is 32.2. The second kappa shape index (κ2) is 5.27. The number of nitriles is 1. The first-order chi connectivity index (χ1) is 8.60. The molecule has 0 aliphatic carbocycles. The molecule has 18 heavy (non-hydrogen) atoms. The monoisotopic (exact) mass is 264 g/mol. The molecule has 2 heterocycles. The minimum absolute atomic E-state index is 0.118. The van der Waals surface area contributed by atoms with Gasteiger partial charge >= 0.3 is 0 Å². The second-order valence-electron chi connectivity index (χ2n) is 4.81. The fourth-order valence-electron chi connectivity index (χ4n) is 1.88. The zero-order valence-corrected chi connectivity index (χ0v) is 11.4. The Balaban J connectivity index is 2.16. The van der Waals surface area contributed by atoms with Crippen LogP contribution in [0.2, 0.25) is 0 Å². The van der Waals surface area contributed by atoms with Gasteiger partial charge in [-0.25, -0.2) is 4.98 Å². The van der Waals surface area contributed by atoms with Crippen LogP contribution in [0.15, 0.2) is 11.1 Å². The highest BCUT2D eigenvalue weighted by Gasteiger charge is 2.38. The minimum Gasteiger partial charge on any atom is -0.396 e. The lowest BCUT2D eigenvalue weighted by Crippen LogP contribution is -2.47. The van der Waals surface area contributed by atoms with Gasteiger partial charge in [0.2, 0.25) is 0 Å². The molecule has 4 nitrogen and oxygen atoms in total. The van der Waals surface area contributed by atoms with Crippen molar-refractivity contribution in [2.24, 2.45) is 5.41 Å². The van der Waals surface area contributed by atoms with Crippen LogP contribution >= 0.6 is 11.8 Å². The molecule has 1 aliphatic heterocycles. The average Bonchev–Trinajstić information content (AvgIpc) is 2.27. The molecule has 1 fully saturated rings. The lowest BCUT2D eigenvalue weighted by atomic mass is 9.90. The summed E-state index contributed by atoms with van der Waals surface area (Å²) < 4.78 is 5.16. The van der Waals surface area contributed by atoms with Gasteiger partial charge in [-0.3, -0.25) is 0 Å². The van der Waals surface area contributed by atoms with E-state index < -0.39 is 0 Å². The molecular weight excluding hydrogens is 248 g/mol. The Morgan fingerprint density at radius 3 is 2.78 bits per heavy atom. The van der Waals surface area contributed by atoms with Crippen molar-refractivity contribution in [1.29, 1.82) is 5.26 Å². The van der Waals surface area contributed by atoms with Crippen LogP contribution in [-0.4, -0.2) is 35.7 Å². The summed E-state index contributed by atoms with van der Waals surface area (Å²) >= 11 is 1.53. The van der Waals surface area contributed by atoms with Gasteiger partial charge in [-0.15, -0.1) is 11.8 Å². The molecule has 0 aromatic carbocycles. The van der Waals surface area contributed by atoms with Crippen molar-refractivity contribution in [3.8, 4) is 6.07 Å². The number of nitrogens with zero attached hydrogens (tertiary/aromatic N) is 2. The smallest absolute Gasteiger partial charge is 0.114 e. The maximum atomic E-state index is 9.37. The Hall–Kier alpha value is -1.09. The van der Waals surface area contributed by atoms with Crippen LogP contribution in [0.4, 0.5) is 0 Å². The lowest BCUT2D eigenvalue weighted by Gasteiger charge is -2.39. The van der Waals surface area contributed by atoms with E-state index in [-0.39, 0.29) is 12.0 Å². The van der Waals surface area contributed by atoms with Gasteiger partial charge in [0.15, 0.2) is 0 Å². The highest BCUT2D eigenvalue weighted by molar-refractivity contribution is 7.99. The number of aromatic nitrogens is 1. The van der Waals surface area contributed by atoms with E-state index in [0.717, 1.165) is 22.0 Å². The summed E-state index contributed by atoms with van der Waals surface area (Å²) in [6, 6.07) is 4.12. The van der Waals surface area contributed by atoms with Crippen LogP contribution in [0.25, 0.3) is 0 Å². The Kier molecular flexibility index (Phi) is 3.91. The Morgan fingerprint density at radius 2 is 2.28 bits per heavy atom. The fourth-order valence-corrected chi connectivity index (χ4v) is 3.14. The van der Waals surface area contributed by atoms with Gasteiger partial charge < -0.3 is 9.84 Å². The molecule has 1 aromatic heterocycles. The number of pyridine rings is 1. The first-order valence-electron chi connectivity index (χ1n) is 5.80. The number of hydrogen-bond acceptors (Lipinski definition) is 5. The van der Waals surface area contributed by atoms with E-state index in [2.05, 4.69) is 11.1 Å². The Bertz CT molecular complexity index is 487. The van der Waals surface area contributed by atoms with Crippen molar-refractivity contribution < 1.29 is 9.84 Å². The maximum Gasteiger partial charge on any atom is 0.114 e. The van der Waals surface area contributed by atoms with Crippen LogP contribution in [0.5, 0.6) is 0 Å². The number of aliphatic hydroxyl groups is 1. The third-order valence-electron chi connectivity index (χ3n) is 3.09. The minimum atomic E-state index is -0.156. The summed E-state index contributed by atoms with van der Waals surface area (Å²) in [5, 5.41) is 19.3. The van der Waals surface area contributed by atoms with Crippen LogP contribution in [0.1, 0.15) is 16.8 Å². The summed E-state index contributed by atoms with van der Waals surface area (Å²) in [4.78, 5) is 4.42. The zero-order chi connectivity index (χ0) is 13.2. The second-order valence-corrected chi connectivity index (χ2v) is 5.78. The molecule has 0 bridgehead atoms. The number of rotatable bonds is 4. The molecule has 0 saturated carbocycles. The summed E-state index contributed by atoms with van der Waals surface area (Å²) in [6.45, 7) is 5.14. The molecule has 5 heteroatoms. The largest absolute Gasteiger partial charge is 0.396 e. The van der Waals surface area contributed by atoms with Crippen molar-refractivity contribution in [3.05, 3.63) is 22.9 Å². The normalized spacial score (nSPS) is 17.0. The summed E-state index contributed by atoms with van der Waals surface area (Å²) in [5.74, 6) is 0.730. The van der Waals surface area contributed by atoms with Gasteiger partial charge in [0.25, 0.3) is 0 Å². The molecule has 1 aromatic rings. The predicted molar refractivity (Wildman–Crippen MR) is 69.5 cm³/mol. The molecule has 1 saturated heterocycles. The number of ether oxygens (including phenoxy) is 1. The van der Waals surface area contributed by atoms with Crippen LogP contribution in [0, 0.1) is 30.6 Å². The average molecular weight is 264 g/mol. The number of hydrogen-bond donors (Lipinski definition) is 1. The van der Waals surface area contributed by atoms with Gasteiger partial charge in [0.05, 0.1) is 25.4 Å². The molecule has 1 N–H and O–H groups in total. The van der Waals surface area contributed by atoms with E-state index in [9.17, 15) is 10.4 Å². The van der Waals surface area contributed by atoms with Gasteiger partial charge in [0, 0.05) is 16.9 Å². The molecule has 0 unspecified atom stereocenters. The zero-order valence-electron chi connectivity index (χ0n) is 10.6. The van der Waals surface area contributed by atoms with E-state index in [1.54, 1.807) is 0 Å². The number of aryl methyl sites for hydroxylation is 2. The molecule has 1 aliphatic rings. The van der Waals surface area contributed by atoms with E-state index in [1.807, 2.05) is 19.9 Å². The van der Waals surface area contributed by atoms with E-state index >= 15 is 0 Å². The molecular formula is C13H16N2O2S. The van der Waals surface area contributed by atoms with Crippen molar-refractivity contribution in [3.63, 3.8) is 0 Å². The third kappa shape index (κ3) is 2.51. The standard InChI is InChI=1S/C13H16N2O2S/c1-9-3-10(2)15-12(11(9)4-14)18-8-13(5-16)6-17-7-13/h3,16H,5-8H2,1-2H3. The van der Waals surface area contributed by atoms with Crippen molar-refractivity contribution >= 4 is 11.8 Å². The van der Waals surface area contributed by atoms with Gasteiger partial charge in [-0.2, -0.15) is 5.26 Å². The molecule has 0 radical (unpaired) electrons. The van der Waals surface area contributed by atoms with E-state index in [1.165, 1.54) is 11.8 Å². The van der Waals surface area contributed by atoms with Crippen molar-refractivity contribution in [2.45, 2.75) is 18.9 Å². The van der Waals surface area contributed by atoms with Crippen molar-refractivity contribution in [1.82, 2.24) is 4.98 Å². The molecule has 96 valence electrons. The summed E-state index contributed by atoms with van der Waals surface area (Å²) in [6.07, 6.45) is 0.